The van der Waals surface area contributed by atoms with Gasteiger partial charge in [0.15, 0.2) is 0 Å². The molecule has 4 heteroatoms. The molecule has 2 rings (SSSR count). The van der Waals surface area contributed by atoms with Crippen LogP contribution in [0.4, 0.5) is 11.6 Å². The highest BCUT2D eigenvalue weighted by Gasteiger charge is 2.23. The van der Waals surface area contributed by atoms with Crippen molar-refractivity contribution in [1.29, 1.82) is 0 Å². The summed E-state index contributed by atoms with van der Waals surface area (Å²) in [6.07, 6.45) is 0. The molecule has 0 bridgehead atoms. The molecule has 1 aliphatic heterocycles. The number of aromatic nitrogens is 1. The number of hydrogen-bond acceptors (Lipinski definition) is 4. The first-order chi connectivity index (χ1) is 8.19. The third kappa shape index (κ3) is 3.28. The largest absolute Gasteiger partial charge is 0.370 e. The Morgan fingerprint density at radius 3 is 2.71 bits per heavy atom. The van der Waals surface area contributed by atoms with Gasteiger partial charge in [-0.2, -0.15) is 11.8 Å². The smallest absolute Gasteiger partial charge is 0.131 e. The Hall–Kier alpha value is -0.900. The van der Waals surface area contributed by atoms with Gasteiger partial charge in [-0.1, -0.05) is 19.9 Å². The molecule has 17 heavy (non-hydrogen) atoms. The molecule has 0 aliphatic carbocycles. The van der Waals surface area contributed by atoms with Gasteiger partial charge in [-0.15, -0.1) is 0 Å². The molecule has 0 amide bonds. The van der Waals surface area contributed by atoms with Crippen LogP contribution in [0.25, 0.3) is 0 Å². The Morgan fingerprint density at radius 2 is 2.06 bits per heavy atom. The summed E-state index contributed by atoms with van der Waals surface area (Å²) in [7, 11) is 0. The van der Waals surface area contributed by atoms with Gasteiger partial charge in [0.2, 0.25) is 0 Å². The second-order valence-electron chi connectivity index (χ2n) is 4.57. The molecular weight excluding hydrogens is 230 g/mol. The zero-order valence-corrected chi connectivity index (χ0v) is 11.6. The topological polar surface area (TPSA) is 28.2 Å². The molecule has 1 saturated heterocycles. The number of rotatable bonds is 3. The first kappa shape index (κ1) is 12.6. The van der Waals surface area contributed by atoms with Gasteiger partial charge in [-0.3, -0.25) is 0 Å². The van der Waals surface area contributed by atoms with Gasteiger partial charge in [0, 0.05) is 30.1 Å². The number of nitrogens with one attached hydrogen (secondary N) is 1. The lowest BCUT2D eigenvalue weighted by Crippen LogP contribution is -2.40. The van der Waals surface area contributed by atoms with Crippen molar-refractivity contribution in [3.8, 4) is 0 Å². The molecule has 1 fully saturated rings. The van der Waals surface area contributed by atoms with E-state index in [1.807, 2.05) is 6.07 Å². The minimum atomic E-state index is 0.684. The summed E-state index contributed by atoms with van der Waals surface area (Å²) in [5.41, 5.74) is 0. The van der Waals surface area contributed by atoms with Gasteiger partial charge < -0.3 is 10.2 Å². The maximum Gasteiger partial charge on any atom is 0.131 e. The van der Waals surface area contributed by atoms with Crippen LogP contribution in [0.3, 0.4) is 0 Å². The molecular formula is C13H21N3S. The van der Waals surface area contributed by atoms with Crippen molar-refractivity contribution in [3.63, 3.8) is 0 Å². The average Bonchev–Trinajstić information content (AvgIpc) is 2.28. The lowest BCUT2D eigenvalue weighted by Gasteiger charge is -2.35. The van der Waals surface area contributed by atoms with Gasteiger partial charge in [0.1, 0.15) is 11.6 Å². The van der Waals surface area contributed by atoms with E-state index in [4.69, 9.17) is 0 Å². The normalized spacial score (nSPS) is 24.8. The van der Waals surface area contributed by atoms with Crippen molar-refractivity contribution < 1.29 is 0 Å². The van der Waals surface area contributed by atoms with E-state index in [0.717, 1.165) is 31.3 Å². The van der Waals surface area contributed by atoms with Crippen molar-refractivity contribution in [1.82, 2.24) is 4.98 Å². The molecule has 3 nitrogen and oxygen atoms in total. The van der Waals surface area contributed by atoms with Crippen LogP contribution in [0.1, 0.15) is 20.8 Å². The van der Waals surface area contributed by atoms with E-state index in [0.29, 0.717) is 10.5 Å². The van der Waals surface area contributed by atoms with Gasteiger partial charge in [-0.05, 0) is 19.1 Å². The summed E-state index contributed by atoms with van der Waals surface area (Å²) in [5, 5.41) is 4.63. The summed E-state index contributed by atoms with van der Waals surface area (Å²) >= 11 is 2.07. The van der Waals surface area contributed by atoms with E-state index in [1.54, 1.807) is 0 Å². The fourth-order valence-electron chi connectivity index (χ4n) is 2.24. The van der Waals surface area contributed by atoms with Crippen molar-refractivity contribution in [2.75, 3.05) is 29.9 Å². The highest BCUT2D eigenvalue weighted by atomic mass is 32.2. The molecule has 1 N–H and O–H groups in total. The lowest BCUT2D eigenvalue weighted by molar-refractivity contribution is 0.719. The zero-order chi connectivity index (χ0) is 12.3. The quantitative estimate of drug-likeness (QED) is 0.894. The monoisotopic (exact) mass is 251 g/mol. The van der Waals surface area contributed by atoms with Gasteiger partial charge in [0.25, 0.3) is 0 Å². The standard InChI is InChI=1S/C13H21N3S/c1-4-14-12-6-5-7-13(15-12)16-8-10(2)17-11(3)9-16/h5-7,10-11H,4,8-9H2,1-3H3,(H,14,15). The maximum atomic E-state index is 4.66. The SMILES string of the molecule is CCNc1cccc(N2CC(C)SC(C)C2)n1. The predicted octanol–water partition coefficient (Wildman–Crippen LogP) is 2.84. The maximum absolute atomic E-state index is 4.66. The predicted molar refractivity (Wildman–Crippen MR) is 77.1 cm³/mol. The lowest BCUT2D eigenvalue weighted by atomic mass is 10.3. The number of nitrogens with zero attached hydrogens (tertiary/aromatic N) is 2. The Balaban J connectivity index is 2.12. The van der Waals surface area contributed by atoms with E-state index in [9.17, 15) is 0 Å². The Labute approximate surface area is 108 Å². The summed E-state index contributed by atoms with van der Waals surface area (Å²) in [4.78, 5) is 7.06. The molecule has 94 valence electrons. The molecule has 0 saturated carbocycles. The van der Waals surface area contributed by atoms with Crippen molar-refractivity contribution >= 4 is 23.4 Å². The highest BCUT2D eigenvalue weighted by Crippen LogP contribution is 2.27. The molecule has 0 radical (unpaired) electrons. The minimum absolute atomic E-state index is 0.684. The minimum Gasteiger partial charge on any atom is -0.370 e. The van der Waals surface area contributed by atoms with E-state index in [1.165, 1.54) is 0 Å². The summed E-state index contributed by atoms with van der Waals surface area (Å²) in [6, 6.07) is 6.21. The zero-order valence-electron chi connectivity index (χ0n) is 10.8. The van der Waals surface area contributed by atoms with Crippen LogP contribution in [0, 0.1) is 0 Å². The fourth-order valence-corrected chi connectivity index (χ4v) is 3.57. The highest BCUT2D eigenvalue weighted by molar-refractivity contribution is 8.00. The van der Waals surface area contributed by atoms with Gasteiger partial charge in [0.05, 0.1) is 0 Å². The molecule has 2 unspecified atom stereocenters. The third-order valence-corrected chi connectivity index (χ3v) is 4.06. The molecule has 2 heterocycles. The first-order valence-corrected chi connectivity index (χ1v) is 7.24. The van der Waals surface area contributed by atoms with Crippen LogP contribution in [0.15, 0.2) is 18.2 Å². The molecule has 1 aromatic rings. The van der Waals surface area contributed by atoms with Crippen LogP contribution in [-0.4, -0.2) is 35.1 Å². The molecule has 2 atom stereocenters. The van der Waals surface area contributed by atoms with E-state index < -0.39 is 0 Å². The van der Waals surface area contributed by atoms with E-state index >= 15 is 0 Å². The fraction of sp³-hybridized carbons (Fsp3) is 0.615. The second kappa shape index (κ2) is 5.63. The number of thioether (sulfide) groups is 1. The Bertz CT molecular complexity index is 359. The van der Waals surface area contributed by atoms with Crippen LogP contribution in [0.5, 0.6) is 0 Å². The summed E-state index contributed by atoms with van der Waals surface area (Å²) in [6.45, 7) is 9.78. The molecule has 0 spiro atoms. The molecule has 1 aromatic heterocycles. The van der Waals surface area contributed by atoms with Crippen molar-refractivity contribution in [3.05, 3.63) is 18.2 Å². The van der Waals surface area contributed by atoms with Crippen molar-refractivity contribution in [2.24, 2.45) is 0 Å². The number of anilines is 2. The summed E-state index contributed by atoms with van der Waals surface area (Å²) in [5.74, 6) is 2.07. The summed E-state index contributed by atoms with van der Waals surface area (Å²) < 4.78 is 0. The van der Waals surface area contributed by atoms with Crippen LogP contribution >= 0.6 is 11.8 Å². The molecule has 1 aliphatic rings. The number of pyridine rings is 1. The van der Waals surface area contributed by atoms with Crippen LogP contribution in [-0.2, 0) is 0 Å². The first-order valence-electron chi connectivity index (χ1n) is 6.30. The number of hydrogen-bond donors (Lipinski definition) is 1. The molecule has 0 aromatic carbocycles. The van der Waals surface area contributed by atoms with E-state index in [2.05, 4.69) is 59.9 Å². The van der Waals surface area contributed by atoms with E-state index in [-0.39, 0.29) is 0 Å². The van der Waals surface area contributed by atoms with Crippen LogP contribution < -0.4 is 10.2 Å². The Morgan fingerprint density at radius 1 is 1.35 bits per heavy atom. The van der Waals surface area contributed by atoms with Gasteiger partial charge >= 0.3 is 0 Å². The second-order valence-corrected chi connectivity index (χ2v) is 6.46. The van der Waals surface area contributed by atoms with Crippen LogP contribution in [0.2, 0.25) is 0 Å². The average molecular weight is 251 g/mol. The third-order valence-electron chi connectivity index (χ3n) is 2.84. The van der Waals surface area contributed by atoms with Crippen molar-refractivity contribution in [2.45, 2.75) is 31.3 Å². The Kier molecular flexibility index (Phi) is 4.15. The van der Waals surface area contributed by atoms with Gasteiger partial charge in [-0.25, -0.2) is 4.98 Å².